The molecule has 4 nitrogen and oxygen atoms in total. The van der Waals surface area contributed by atoms with Gasteiger partial charge in [0.25, 0.3) is 0 Å². The molecule has 0 radical (unpaired) electrons. The second-order valence-corrected chi connectivity index (χ2v) is 7.35. The van der Waals surface area contributed by atoms with Gasteiger partial charge in [-0.15, -0.1) is 0 Å². The van der Waals surface area contributed by atoms with Crippen LogP contribution in [0, 0.1) is 12.7 Å². The van der Waals surface area contributed by atoms with Crippen LogP contribution in [0.25, 0.3) is 11.0 Å². The highest BCUT2D eigenvalue weighted by Crippen LogP contribution is 2.34. The monoisotopic (exact) mass is 368 g/mol. The van der Waals surface area contributed by atoms with Gasteiger partial charge in [0.15, 0.2) is 5.82 Å². The van der Waals surface area contributed by atoms with E-state index in [4.69, 9.17) is 0 Å². The number of H-pyrrole nitrogens is 1. The van der Waals surface area contributed by atoms with Crippen LogP contribution in [0.2, 0.25) is 0 Å². The molecule has 0 saturated carbocycles. The minimum atomic E-state index is -3.97. The number of benzene rings is 1. The summed E-state index contributed by atoms with van der Waals surface area (Å²) in [6.45, 7) is 1.85. The molecule has 21 heavy (non-hydrogen) atoms. The molecule has 0 fully saturated rings. The Balaban J connectivity index is 2.35. The molecular weight excluding hydrogens is 359 g/mol. The number of pyridine rings is 1. The smallest absolute Gasteiger partial charge is 0.210 e. The van der Waals surface area contributed by atoms with Gasteiger partial charge >= 0.3 is 0 Å². The second-order valence-electron chi connectivity index (χ2n) is 4.61. The Bertz CT molecular complexity index is 934. The topological polar surface area (TPSA) is 62.8 Å². The van der Waals surface area contributed by atoms with Crippen LogP contribution in [0.5, 0.6) is 0 Å². The van der Waals surface area contributed by atoms with Crippen molar-refractivity contribution in [3.8, 4) is 0 Å². The predicted octanol–water partition coefficient (Wildman–Crippen LogP) is 3.61. The Kier molecular flexibility index (Phi) is 3.33. The molecular formula is C14H10BrFN2O2S. The van der Waals surface area contributed by atoms with Gasteiger partial charge in [-0.05, 0) is 35.0 Å². The molecule has 0 saturated heterocycles. The van der Waals surface area contributed by atoms with Crippen molar-refractivity contribution in [3.63, 3.8) is 0 Å². The normalized spacial score (nSPS) is 12.0. The van der Waals surface area contributed by atoms with Gasteiger partial charge in [0.05, 0.1) is 16.5 Å². The van der Waals surface area contributed by atoms with Crippen LogP contribution in [-0.2, 0) is 9.84 Å². The van der Waals surface area contributed by atoms with Gasteiger partial charge in [0, 0.05) is 10.7 Å². The lowest BCUT2D eigenvalue weighted by atomic mass is 10.2. The van der Waals surface area contributed by atoms with Crippen molar-refractivity contribution in [2.75, 3.05) is 0 Å². The molecule has 0 bridgehead atoms. The van der Waals surface area contributed by atoms with Crippen molar-refractivity contribution in [3.05, 3.63) is 52.5 Å². The van der Waals surface area contributed by atoms with E-state index in [1.54, 1.807) is 12.1 Å². The quantitative estimate of drug-likeness (QED) is 0.751. The van der Waals surface area contributed by atoms with E-state index in [-0.39, 0.29) is 15.2 Å². The molecule has 0 unspecified atom stereocenters. The van der Waals surface area contributed by atoms with Gasteiger partial charge in [-0.3, -0.25) is 0 Å². The number of hydrogen-bond donors (Lipinski definition) is 1. The Hall–Kier alpha value is -1.73. The summed E-state index contributed by atoms with van der Waals surface area (Å²) in [5.74, 6) is -0.872. The first-order chi connectivity index (χ1) is 9.91. The molecule has 0 aliphatic carbocycles. The van der Waals surface area contributed by atoms with Gasteiger partial charge < -0.3 is 4.98 Å². The molecule has 0 amide bonds. The average molecular weight is 369 g/mol. The lowest BCUT2D eigenvalue weighted by molar-refractivity contribution is 0.567. The Morgan fingerprint density at radius 1 is 1.24 bits per heavy atom. The van der Waals surface area contributed by atoms with E-state index in [1.165, 1.54) is 18.3 Å². The van der Waals surface area contributed by atoms with Crippen LogP contribution in [-0.4, -0.2) is 18.4 Å². The van der Waals surface area contributed by atoms with E-state index in [0.29, 0.717) is 10.1 Å². The zero-order valence-electron chi connectivity index (χ0n) is 10.9. The number of halogens is 2. The molecule has 3 aromatic rings. The van der Waals surface area contributed by atoms with E-state index in [2.05, 4.69) is 25.9 Å². The van der Waals surface area contributed by atoms with Gasteiger partial charge in [0.1, 0.15) is 10.5 Å². The first kappa shape index (κ1) is 14.2. The van der Waals surface area contributed by atoms with Crippen LogP contribution in [0.4, 0.5) is 4.39 Å². The molecule has 0 spiro atoms. The van der Waals surface area contributed by atoms with Gasteiger partial charge in [0.2, 0.25) is 9.84 Å². The maximum absolute atomic E-state index is 14.2. The zero-order chi connectivity index (χ0) is 15.2. The molecule has 1 aromatic carbocycles. The SMILES string of the molecule is Cc1ccc(S(=O)(=O)c2c(F)cnc3[nH]cc(Br)c23)cc1. The minimum absolute atomic E-state index is 0.0487. The van der Waals surface area contributed by atoms with Crippen molar-refractivity contribution in [2.45, 2.75) is 16.7 Å². The van der Waals surface area contributed by atoms with Crippen molar-refractivity contribution in [1.29, 1.82) is 0 Å². The predicted molar refractivity (Wildman–Crippen MR) is 80.4 cm³/mol. The summed E-state index contributed by atoms with van der Waals surface area (Å²) in [5.41, 5.74) is 1.24. The first-order valence-electron chi connectivity index (χ1n) is 6.04. The number of aryl methyl sites for hydroxylation is 1. The molecule has 2 heterocycles. The average Bonchev–Trinajstić information content (AvgIpc) is 2.80. The third-order valence-electron chi connectivity index (χ3n) is 3.16. The number of sulfone groups is 1. The lowest BCUT2D eigenvalue weighted by Crippen LogP contribution is -2.06. The van der Waals surface area contributed by atoms with Crippen LogP contribution < -0.4 is 0 Å². The maximum atomic E-state index is 14.2. The number of aromatic nitrogens is 2. The van der Waals surface area contributed by atoms with E-state index in [0.717, 1.165) is 11.8 Å². The van der Waals surface area contributed by atoms with E-state index in [9.17, 15) is 12.8 Å². The van der Waals surface area contributed by atoms with Crippen LogP contribution in [0.3, 0.4) is 0 Å². The fourth-order valence-electron chi connectivity index (χ4n) is 2.10. The van der Waals surface area contributed by atoms with E-state index >= 15 is 0 Å². The first-order valence-corrected chi connectivity index (χ1v) is 8.31. The summed E-state index contributed by atoms with van der Waals surface area (Å²) in [7, 11) is -3.97. The molecule has 0 aliphatic heterocycles. The highest BCUT2D eigenvalue weighted by molar-refractivity contribution is 9.10. The van der Waals surface area contributed by atoms with Crippen molar-refractivity contribution in [2.24, 2.45) is 0 Å². The van der Waals surface area contributed by atoms with E-state index in [1.807, 2.05) is 6.92 Å². The number of nitrogens with zero attached hydrogens (tertiary/aromatic N) is 1. The lowest BCUT2D eigenvalue weighted by Gasteiger charge is -2.08. The summed E-state index contributed by atoms with van der Waals surface area (Å²) in [4.78, 5) is 6.34. The molecule has 108 valence electrons. The molecule has 0 atom stereocenters. The minimum Gasteiger partial charge on any atom is -0.345 e. The molecule has 3 rings (SSSR count). The van der Waals surface area contributed by atoms with Crippen LogP contribution in [0.15, 0.2) is 50.9 Å². The molecule has 0 aliphatic rings. The standard InChI is InChI=1S/C14H10BrFN2O2S/c1-8-2-4-9(5-3-8)21(19,20)13-11(16)7-18-14-12(13)10(15)6-17-14/h2-7H,1H3,(H,17,18). The Morgan fingerprint density at radius 3 is 2.57 bits per heavy atom. The van der Waals surface area contributed by atoms with E-state index < -0.39 is 15.7 Å². The number of aromatic amines is 1. The van der Waals surface area contributed by atoms with Crippen LogP contribution >= 0.6 is 15.9 Å². The maximum Gasteiger partial charge on any atom is 0.210 e. The largest absolute Gasteiger partial charge is 0.345 e. The third-order valence-corrected chi connectivity index (χ3v) is 5.62. The van der Waals surface area contributed by atoms with Crippen molar-refractivity contribution >= 4 is 36.8 Å². The second kappa shape index (κ2) is 4.92. The number of hydrogen-bond acceptors (Lipinski definition) is 3. The van der Waals surface area contributed by atoms with Gasteiger partial charge in [-0.25, -0.2) is 17.8 Å². The fraction of sp³-hybridized carbons (Fsp3) is 0.0714. The zero-order valence-corrected chi connectivity index (χ0v) is 13.3. The Labute approximate surface area is 129 Å². The fourth-order valence-corrected chi connectivity index (χ4v) is 4.25. The number of fused-ring (bicyclic) bond motifs is 1. The van der Waals surface area contributed by atoms with Gasteiger partial charge in [-0.1, -0.05) is 17.7 Å². The third kappa shape index (κ3) is 2.26. The van der Waals surface area contributed by atoms with Gasteiger partial charge in [-0.2, -0.15) is 0 Å². The number of rotatable bonds is 2. The van der Waals surface area contributed by atoms with Crippen molar-refractivity contribution in [1.82, 2.24) is 9.97 Å². The summed E-state index contributed by atoms with van der Waals surface area (Å²) < 4.78 is 40.1. The highest BCUT2D eigenvalue weighted by atomic mass is 79.9. The Morgan fingerprint density at radius 2 is 1.90 bits per heavy atom. The van der Waals surface area contributed by atoms with Crippen molar-refractivity contribution < 1.29 is 12.8 Å². The molecule has 2 aromatic heterocycles. The summed E-state index contributed by atoms with van der Waals surface area (Å²) in [6, 6.07) is 6.29. The highest BCUT2D eigenvalue weighted by Gasteiger charge is 2.27. The molecule has 1 N–H and O–H groups in total. The molecule has 7 heteroatoms. The van der Waals surface area contributed by atoms with Crippen LogP contribution in [0.1, 0.15) is 5.56 Å². The number of nitrogens with one attached hydrogen (secondary N) is 1. The summed E-state index contributed by atoms with van der Waals surface area (Å²) in [5, 5.41) is 0.218. The summed E-state index contributed by atoms with van der Waals surface area (Å²) in [6.07, 6.45) is 2.44. The summed E-state index contributed by atoms with van der Waals surface area (Å²) >= 11 is 3.23.